The average molecular weight is 236 g/mol. The highest BCUT2D eigenvalue weighted by Gasteiger charge is 1.99. The highest BCUT2D eigenvalue weighted by molar-refractivity contribution is 6.01. The molecule has 2 rings (SSSR count). The molecule has 90 valence electrons. The Morgan fingerprint density at radius 2 is 1.83 bits per heavy atom. The van der Waals surface area contributed by atoms with Crippen LogP contribution in [0, 0.1) is 6.92 Å². The SMILES string of the molecule is C=NC(=NCc1cccc(C)c1)c1ccccc1. The van der Waals surface area contributed by atoms with Crippen LogP contribution in [0.25, 0.3) is 0 Å². The molecule has 0 aromatic heterocycles. The van der Waals surface area contributed by atoms with Gasteiger partial charge in [-0.15, -0.1) is 0 Å². The van der Waals surface area contributed by atoms with Gasteiger partial charge in [-0.3, -0.25) is 4.99 Å². The van der Waals surface area contributed by atoms with E-state index in [1.807, 2.05) is 36.4 Å². The molecule has 0 N–H and O–H groups in total. The number of aryl methyl sites for hydroxylation is 1. The van der Waals surface area contributed by atoms with Crippen LogP contribution in [0.1, 0.15) is 16.7 Å². The predicted octanol–water partition coefficient (Wildman–Crippen LogP) is 3.64. The van der Waals surface area contributed by atoms with Crippen LogP contribution in [0.2, 0.25) is 0 Å². The molecular weight excluding hydrogens is 220 g/mol. The van der Waals surface area contributed by atoms with Crippen molar-refractivity contribution in [1.82, 2.24) is 0 Å². The Kier molecular flexibility index (Phi) is 4.02. The quantitative estimate of drug-likeness (QED) is 0.574. The molecule has 0 saturated heterocycles. The number of nitrogens with zero attached hydrogens (tertiary/aromatic N) is 2. The fraction of sp³-hybridized carbons (Fsp3) is 0.125. The van der Waals surface area contributed by atoms with Crippen molar-refractivity contribution in [2.75, 3.05) is 0 Å². The van der Waals surface area contributed by atoms with Crippen LogP contribution in [0.4, 0.5) is 0 Å². The van der Waals surface area contributed by atoms with Crippen molar-refractivity contribution >= 4 is 12.6 Å². The number of hydrogen-bond acceptors (Lipinski definition) is 1. The summed E-state index contributed by atoms with van der Waals surface area (Å²) in [6, 6.07) is 18.2. The maximum absolute atomic E-state index is 4.51. The molecule has 2 aromatic carbocycles. The molecule has 0 amide bonds. The van der Waals surface area contributed by atoms with Crippen molar-refractivity contribution < 1.29 is 0 Å². The molecule has 0 aliphatic rings. The number of aliphatic imine (C=N–C) groups is 2. The van der Waals surface area contributed by atoms with E-state index in [-0.39, 0.29) is 0 Å². The molecule has 2 aromatic rings. The third-order valence-electron chi connectivity index (χ3n) is 2.68. The lowest BCUT2D eigenvalue weighted by molar-refractivity contribution is 1.06. The summed E-state index contributed by atoms with van der Waals surface area (Å²) in [5.74, 6) is 0.692. The maximum atomic E-state index is 4.51. The van der Waals surface area contributed by atoms with Gasteiger partial charge in [0.15, 0.2) is 5.84 Å². The molecule has 0 aliphatic carbocycles. The molecule has 0 aliphatic heterocycles. The fourth-order valence-electron chi connectivity index (χ4n) is 1.80. The molecular formula is C16H16N2. The largest absolute Gasteiger partial charge is 0.261 e. The second-order valence-corrected chi connectivity index (χ2v) is 4.15. The summed E-state index contributed by atoms with van der Waals surface area (Å²) < 4.78 is 0. The van der Waals surface area contributed by atoms with Crippen LogP contribution < -0.4 is 0 Å². The number of amidine groups is 1. The zero-order valence-electron chi connectivity index (χ0n) is 10.5. The zero-order chi connectivity index (χ0) is 12.8. The molecule has 0 unspecified atom stereocenters. The predicted molar refractivity (Wildman–Crippen MR) is 77.4 cm³/mol. The summed E-state index contributed by atoms with van der Waals surface area (Å²) in [5.41, 5.74) is 3.43. The van der Waals surface area contributed by atoms with E-state index >= 15 is 0 Å². The minimum atomic E-state index is 0.630. The van der Waals surface area contributed by atoms with Crippen LogP contribution in [0.5, 0.6) is 0 Å². The van der Waals surface area contributed by atoms with Crippen molar-refractivity contribution in [2.45, 2.75) is 13.5 Å². The third kappa shape index (κ3) is 3.14. The topological polar surface area (TPSA) is 24.7 Å². The first-order chi connectivity index (χ1) is 8.79. The van der Waals surface area contributed by atoms with Gasteiger partial charge in [0, 0.05) is 5.56 Å². The van der Waals surface area contributed by atoms with Crippen LogP contribution in [-0.2, 0) is 6.54 Å². The molecule has 18 heavy (non-hydrogen) atoms. The second kappa shape index (κ2) is 5.92. The fourth-order valence-corrected chi connectivity index (χ4v) is 1.80. The average Bonchev–Trinajstić information content (AvgIpc) is 2.41. The molecule has 0 atom stereocenters. The Bertz CT molecular complexity index is 556. The van der Waals surface area contributed by atoms with Crippen molar-refractivity contribution in [1.29, 1.82) is 0 Å². The van der Waals surface area contributed by atoms with E-state index in [0.29, 0.717) is 12.4 Å². The smallest absolute Gasteiger partial charge is 0.154 e. The monoisotopic (exact) mass is 236 g/mol. The van der Waals surface area contributed by atoms with Crippen LogP contribution in [-0.4, -0.2) is 12.6 Å². The number of rotatable bonds is 3. The summed E-state index contributed by atoms with van der Waals surface area (Å²) in [6.45, 7) is 6.30. The molecule has 0 saturated carbocycles. The maximum Gasteiger partial charge on any atom is 0.154 e. The van der Waals surface area contributed by atoms with Crippen molar-refractivity contribution in [2.24, 2.45) is 9.98 Å². The molecule has 0 radical (unpaired) electrons. The summed E-state index contributed by atoms with van der Waals surface area (Å²) in [6.07, 6.45) is 0. The first kappa shape index (κ1) is 12.2. The van der Waals surface area contributed by atoms with Gasteiger partial charge in [0.1, 0.15) is 0 Å². The van der Waals surface area contributed by atoms with Gasteiger partial charge in [0.25, 0.3) is 0 Å². The molecule has 0 heterocycles. The summed E-state index contributed by atoms with van der Waals surface area (Å²) in [4.78, 5) is 8.51. The standard InChI is InChI=1S/C16H16N2/c1-13-7-6-8-14(11-13)12-18-16(17-2)15-9-4-3-5-10-15/h3-11H,2,12H2,1H3. The summed E-state index contributed by atoms with van der Waals surface area (Å²) in [7, 11) is 0. The number of benzene rings is 2. The van der Waals surface area contributed by atoms with Crippen molar-refractivity contribution in [3.63, 3.8) is 0 Å². The van der Waals surface area contributed by atoms with Crippen LogP contribution in [0.15, 0.2) is 64.6 Å². The zero-order valence-corrected chi connectivity index (χ0v) is 10.5. The number of hydrogen-bond donors (Lipinski definition) is 0. The Labute approximate surface area is 108 Å². The summed E-state index contributed by atoms with van der Waals surface area (Å²) in [5, 5.41) is 0. The normalized spacial score (nSPS) is 11.3. The highest BCUT2D eigenvalue weighted by atomic mass is 14.9. The summed E-state index contributed by atoms with van der Waals surface area (Å²) >= 11 is 0. The lowest BCUT2D eigenvalue weighted by Crippen LogP contribution is -1.97. The van der Waals surface area contributed by atoms with E-state index < -0.39 is 0 Å². The van der Waals surface area contributed by atoms with Gasteiger partial charge in [0.2, 0.25) is 0 Å². The molecule has 0 bridgehead atoms. The van der Waals surface area contributed by atoms with E-state index in [2.05, 4.69) is 41.8 Å². The van der Waals surface area contributed by atoms with Gasteiger partial charge in [-0.25, -0.2) is 4.99 Å². The van der Waals surface area contributed by atoms with Crippen LogP contribution >= 0.6 is 0 Å². The highest BCUT2D eigenvalue weighted by Crippen LogP contribution is 2.08. The third-order valence-corrected chi connectivity index (χ3v) is 2.68. The first-order valence-electron chi connectivity index (χ1n) is 5.92. The van der Waals surface area contributed by atoms with Gasteiger partial charge in [-0.2, -0.15) is 0 Å². The van der Waals surface area contributed by atoms with E-state index in [0.717, 1.165) is 5.56 Å². The van der Waals surface area contributed by atoms with Gasteiger partial charge < -0.3 is 0 Å². The van der Waals surface area contributed by atoms with Crippen LogP contribution in [0.3, 0.4) is 0 Å². The Hall–Kier alpha value is -2.22. The molecule has 0 spiro atoms. The van der Waals surface area contributed by atoms with E-state index in [1.54, 1.807) is 0 Å². The minimum absolute atomic E-state index is 0.630. The Morgan fingerprint density at radius 3 is 2.50 bits per heavy atom. The van der Waals surface area contributed by atoms with E-state index in [1.165, 1.54) is 11.1 Å². The van der Waals surface area contributed by atoms with E-state index in [9.17, 15) is 0 Å². The Balaban J connectivity index is 2.19. The molecule has 0 fully saturated rings. The van der Waals surface area contributed by atoms with Crippen molar-refractivity contribution in [3.8, 4) is 0 Å². The second-order valence-electron chi connectivity index (χ2n) is 4.15. The molecule has 2 nitrogen and oxygen atoms in total. The van der Waals surface area contributed by atoms with E-state index in [4.69, 9.17) is 0 Å². The van der Waals surface area contributed by atoms with Gasteiger partial charge >= 0.3 is 0 Å². The lowest BCUT2D eigenvalue weighted by atomic mass is 10.1. The van der Waals surface area contributed by atoms with Crippen molar-refractivity contribution in [3.05, 3.63) is 71.3 Å². The van der Waals surface area contributed by atoms with Gasteiger partial charge in [0.05, 0.1) is 6.54 Å². The molecule has 2 heteroatoms. The minimum Gasteiger partial charge on any atom is -0.261 e. The van der Waals surface area contributed by atoms with Gasteiger partial charge in [-0.05, 0) is 19.2 Å². The van der Waals surface area contributed by atoms with Gasteiger partial charge in [-0.1, -0.05) is 60.2 Å². The lowest BCUT2D eigenvalue weighted by Gasteiger charge is -2.02. The Morgan fingerprint density at radius 1 is 1.06 bits per heavy atom. The first-order valence-corrected chi connectivity index (χ1v) is 5.92.